The molecule has 1 heterocycles. The van der Waals surface area contributed by atoms with Gasteiger partial charge in [0, 0.05) is 16.2 Å². The number of carbonyl (C=O) groups excluding carboxylic acids is 1. The van der Waals surface area contributed by atoms with Gasteiger partial charge >= 0.3 is 0 Å². The van der Waals surface area contributed by atoms with Gasteiger partial charge in [-0.25, -0.2) is 0 Å². The molecule has 86 valence electrons. The van der Waals surface area contributed by atoms with Crippen LogP contribution in [0.15, 0.2) is 16.6 Å². The van der Waals surface area contributed by atoms with Crippen molar-refractivity contribution in [2.75, 3.05) is 5.32 Å². The van der Waals surface area contributed by atoms with Gasteiger partial charge in [0.05, 0.1) is 5.41 Å². The zero-order chi connectivity index (χ0) is 12.1. The molecule has 1 aliphatic rings. The van der Waals surface area contributed by atoms with Crippen molar-refractivity contribution >= 4 is 27.5 Å². The predicted octanol–water partition coefficient (Wildman–Crippen LogP) is 2.70. The first-order valence-electron chi connectivity index (χ1n) is 5.25. The lowest BCUT2D eigenvalue weighted by atomic mass is 9.85. The van der Waals surface area contributed by atoms with E-state index in [2.05, 4.69) is 21.2 Å². The third-order valence-electron chi connectivity index (χ3n) is 3.10. The van der Waals surface area contributed by atoms with Gasteiger partial charge in [-0.2, -0.15) is 0 Å². The summed E-state index contributed by atoms with van der Waals surface area (Å²) < 4.78 is 0.961. The normalized spacial score (nSPS) is 19.2. The average Bonchev–Trinajstić information content (AvgIpc) is 2.39. The van der Waals surface area contributed by atoms with E-state index < -0.39 is 5.41 Å². The molecule has 1 unspecified atom stereocenters. The minimum Gasteiger partial charge on any atom is -0.325 e. The van der Waals surface area contributed by atoms with E-state index >= 15 is 0 Å². The summed E-state index contributed by atoms with van der Waals surface area (Å²) in [5.74, 6) is 0.0301. The molecule has 1 atom stereocenters. The van der Waals surface area contributed by atoms with Gasteiger partial charge in [-0.15, -0.1) is 0 Å². The summed E-state index contributed by atoms with van der Waals surface area (Å²) in [5, 5.41) is 2.93. The predicted molar refractivity (Wildman–Crippen MR) is 68.4 cm³/mol. The molecule has 0 aliphatic carbocycles. The molecule has 0 saturated carbocycles. The summed E-state index contributed by atoms with van der Waals surface area (Å²) >= 11 is 3.46. The second-order valence-corrected chi connectivity index (χ2v) is 5.70. The Morgan fingerprint density at radius 3 is 2.62 bits per heavy atom. The smallest absolute Gasteiger partial charge is 0.234 e. The number of hydrogen-bond acceptors (Lipinski definition) is 2. The van der Waals surface area contributed by atoms with Crippen LogP contribution in [0.1, 0.15) is 37.9 Å². The maximum absolute atomic E-state index is 11.9. The van der Waals surface area contributed by atoms with Crippen molar-refractivity contribution in [1.29, 1.82) is 0 Å². The topological polar surface area (TPSA) is 55.1 Å². The van der Waals surface area contributed by atoms with Crippen LogP contribution < -0.4 is 11.1 Å². The quantitative estimate of drug-likeness (QED) is 0.832. The lowest BCUT2D eigenvalue weighted by Crippen LogP contribution is -2.26. The second-order valence-electron chi connectivity index (χ2n) is 4.79. The van der Waals surface area contributed by atoms with Crippen LogP contribution in [-0.4, -0.2) is 5.91 Å². The maximum Gasteiger partial charge on any atom is 0.234 e. The minimum atomic E-state index is -0.483. The molecule has 0 aromatic heterocycles. The number of anilines is 1. The number of rotatable bonds is 1. The molecule has 3 N–H and O–H groups in total. The summed E-state index contributed by atoms with van der Waals surface area (Å²) in [6.07, 6.45) is 0. The number of fused-ring (bicyclic) bond motifs is 1. The Balaban J connectivity index is 2.70. The lowest BCUT2D eigenvalue weighted by molar-refractivity contribution is -0.119. The monoisotopic (exact) mass is 282 g/mol. The van der Waals surface area contributed by atoms with Crippen molar-refractivity contribution in [3.05, 3.63) is 27.7 Å². The molecule has 0 radical (unpaired) electrons. The van der Waals surface area contributed by atoms with Gasteiger partial charge in [0.2, 0.25) is 5.91 Å². The lowest BCUT2D eigenvalue weighted by Gasteiger charge is -2.17. The van der Waals surface area contributed by atoms with E-state index in [0.29, 0.717) is 0 Å². The van der Waals surface area contributed by atoms with Crippen LogP contribution in [0.5, 0.6) is 0 Å². The summed E-state index contributed by atoms with van der Waals surface area (Å²) in [5.41, 5.74) is 8.31. The molecule has 16 heavy (non-hydrogen) atoms. The first kappa shape index (κ1) is 11.6. The van der Waals surface area contributed by atoms with Crippen LogP contribution >= 0.6 is 15.9 Å². The fourth-order valence-corrected chi connectivity index (χ4v) is 2.49. The molecular formula is C12H15BrN2O. The van der Waals surface area contributed by atoms with Crippen molar-refractivity contribution < 1.29 is 4.79 Å². The molecule has 0 spiro atoms. The molecular weight excluding hydrogens is 268 g/mol. The van der Waals surface area contributed by atoms with Gasteiger partial charge in [0.25, 0.3) is 0 Å². The molecule has 4 heteroatoms. The Bertz CT molecular complexity index is 466. The van der Waals surface area contributed by atoms with Crippen molar-refractivity contribution in [3.8, 4) is 0 Å². The maximum atomic E-state index is 11.9. The van der Waals surface area contributed by atoms with Crippen LogP contribution in [0.4, 0.5) is 5.69 Å². The van der Waals surface area contributed by atoms with E-state index in [0.717, 1.165) is 21.3 Å². The summed E-state index contributed by atoms with van der Waals surface area (Å²) in [4.78, 5) is 11.9. The van der Waals surface area contributed by atoms with E-state index in [1.54, 1.807) is 0 Å². The van der Waals surface area contributed by atoms with Gasteiger partial charge in [0.15, 0.2) is 0 Å². The minimum absolute atomic E-state index is 0.0301. The number of amides is 1. The Labute approximate surface area is 104 Å². The van der Waals surface area contributed by atoms with Crippen molar-refractivity contribution in [2.45, 2.75) is 32.2 Å². The summed E-state index contributed by atoms with van der Waals surface area (Å²) in [7, 11) is 0. The van der Waals surface area contributed by atoms with Crippen molar-refractivity contribution in [2.24, 2.45) is 5.73 Å². The highest BCUT2D eigenvalue weighted by Gasteiger charge is 2.39. The molecule has 1 aromatic carbocycles. The molecule has 1 amide bonds. The average molecular weight is 283 g/mol. The third kappa shape index (κ3) is 1.57. The first-order chi connectivity index (χ1) is 7.34. The van der Waals surface area contributed by atoms with E-state index in [1.807, 2.05) is 32.9 Å². The number of carbonyl (C=O) groups is 1. The highest BCUT2D eigenvalue weighted by molar-refractivity contribution is 9.10. The molecule has 3 nitrogen and oxygen atoms in total. The number of nitrogens with one attached hydrogen (secondary N) is 1. The Hall–Kier alpha value is -0.870. The van der Waals surface area contributed by atoms with Crippen molar-refractivity contribution in [3.63, 3.8) is 0 Å². The van der Waals surface area contributed by atoms with Crippen molar-refractivity contribution in [1.82, 2.24) is 0 Å². The fourth-order valence-electron chi connectivity index (χ4n) is 2.01. The van der Waals surface area contributed by atoms with E-state index in [4.69, 9.17) is 5.73 Å². The number of nitrogens with two attached hydrogens (primary N) is 1. The zero-order valence-electron chi connectivity index (χ0n) is 9.60. The fraction of sp³-hybridized carbons (Fsp3) is 0.417. The largest absolute Gasteiger partial charge is 0.325 e. The molecule has 0 bridgehead atoms. The van der Waals surface area contributed by atoms with E-state index in [1.165, 1.54) is 0 Å². The van der Waals surface area contributed by atoms with Gasteiger partial charge in [-0.05, 0) is 44.0 Å². The summed E-state index contributed by atoms with van der Waals surface area (Å²) in [6.45, 7) is 5.76. The van der Waals surface area contributed by atoms with Gasteiger partial charge in [-0.1, -0.05) is 15.9 Å². The third-order valence-corrected chi connectivity index (χ3v) is 3.56. The molecule has 0 fully saturated rings. The number of hydrogen-bond donors (Lipinski definition) is 2. The van der Waals surface area contributed by atoms with Crippen LogP contribution in [0.25, 0.3) is 0 Å². The van der Waals surface area contributed by atoms with Crippen LogP contribution in [0.3, 0.4) is 0 Å². The Morgan fingerprint density at radius 2 is 2.06 bits per heavy atom. The molecule has 1 aliphatic heterocycles. The SMILES string of the molecule is CC(N)c1cc(Br)cc2c1NC(=O)C2(C)C. The Kier molecular flexibility index (Phi) is 2.59. The van der Waals surface area contributed by atoms with E-state index in [-0.39, 0.29) is 11.9 Å². The van der Waals surface area contributed by atoms with Gasteiger partial charge in [-0.3, -0.25) is 4.79 Å². The van der Waals surface area contributed by atoms with E-state index in [9.17, 15) is 4.79 Å². The highest BCUT2D eigenvalue weighted by Crippen LogP contribution is 2.42. The number of halogens is 1. The van der Waals surface area contributed by atoms with Crippen LogP contribution in [-0.2, 0) is 10.2 Å². The zero-order valence-corrected chi connectivity index (χ0v) is 11.2. The van der Waals surface area contributed by atoms with Gasteiger partial charge < -0.3 is 11.1 Å². The molecule has 2 rings (SSSR count). The second kappa shape index (κ2) is 3.57. The number of benzene rings is 1. The van der Waals surface area contributed by atoms with Gasteiger partial charge in [0.1, 0.15) is 0 Å². The highest BCUT2D eigenvalue weighted by atomic mass is 79.9. The first-order valence-corrected chi connectivity index (χ1v) is 6.04. The summed E-state index contributed by atoms with van der Waals surface area (Å²) in [6, 6.07) is 3.85. The Morgan fingerprint density at radius 1 is 1.44 bits per heavy atom. The molecule has 0 saturated heterocycles. The van der Waals surface area contributed by atoms with Crippen LogP contribution in [0, 0.1) is 0 Å². The standard InChI is InChI=1S/C12H15BrN2O/c1-6(14)8-4-7(13)5-9-10(8)15-11(16)12(9,2)3/h4-6H,14H2,1-3H3,(H,15,16). The molecule has 1 aromatic rings. The van der Waals surface area contributed by atoms with Crippen LogP contribution in [0.2, 0.25) is 0 Å².